The molecule has 0 bridgehead atoms. The third-order valence-corrected chi connectivity index (χ3v) is 4.05. The molecule has 0 atom stereocenters. The Bertz CT molecular complexity index is 443. The van der Waals surface area contributed by atoms with E-state index in [1.54, 1.807) is 12.1 Å². The molecule has 4 nitrogen and oxygen atoms in total. The lowest BCUT2D eigenvalue weighted by molar-refractivity contribution is -0.384. The number of non-ortho nitro benzene ring substituents is 1. The van der Waals surface area contributed by atoms with Crippen LogP contribution in [0.4, 0.5) is 5.69 Å². The van der Waals surface area contributed by atoms with E-state index in [2.05, 4.69) is 5.32 Å². The first-order valence-corrected chi connectivity index (χ1v) is 7.21. The molecular formula is C14H19ClN2O2. The first kappa shape index (κ1) is 14.3. The average molecular weight is 283 g/mol. The Hall–Kier alpha value is -1.13. The van der Waals surface area contributed by atoms with Gasteiger partial charge in [-0.25, -0.2) is 0 Å². The normalized spacial score (nSPS) is 17.1. The molecule has 0 unspecified atom stereocenters. The molecule has 1 fully saturated rings. The van der Waals surface area contributed by atoms with Crippen molar-refractivity contribution in [2.75, 3.05) is 0 Å². The highest BCUT2D eigenvalue weighted by Crippen LogP contribution is 2.23. The van der Waals surface area contributed by atoms with Crippen LogP contribution < -0.4 is 5.32 Å². The van der Waals surface area contributed by atoms with Gasteiger partial charge >= 0.3 is 0 Å². The average Bonchev–Trinajstić information content (AvgIpc) is 2.66. The van der Waals surface area contributed by atoms with Crippen molar-refractivity contribution >= 4 is 17.3 Å². The van der Waals surface area contributed by atoms with Crippen LogP contribution in [0.15, 0.2) is 18.2 Å². The number of benzene rings is 1. The van der Waals surface area contributed by atoms with Crippen molar-refractivity contribution in [1.29, 1.82) is 0 Å². The summed E-state index contributed by atoms with van der Waals surface area (Å²) in [5.74, 6) is 0. The minimum absolute atomic E-state index is 0.0991. The second-order valence-corrected chi connectivity index (χ2v) is 5.51. The van der Waals surface area contributed by atoms with E-state index in [1.165, 1.54) is 44.6 Å². The summed E-state index contributed by atoms with van der Waals surface area (Å²) in [4.78, 5) is 10.4. The molecule has 1 aliphatic carbocycles. The molecule has 104 valence electrons. The molecule has 19 heavy (non-hydrogen) atoms. The summed E-state index contributed by atoms with van der Waals surface area (Å²) in [6, 6.07) is 5.12. The fraction of sp³-hybridized carbons (Fsp3) is 0.571. The van der Waals surface area contributed by atoms with E-state index in [9.17, 15) is 10.1 Å². The molecule has 1 aliphatic rings. The molecule has 2 rings (SSSR count). The molecule has 1 saturated carbocycles. The van der Waals surface area contributed by atoms with Gasteiger partial charge in [0.15, 0.2) is 0 Å². The van der Waals surface area contributed by atoms with Crippen molar-refractivity contribution in [3.05, 3.63) is 38.9 Å². The molecule has 1 aromatic carbocycles. The maximum absolute atomic E-state index is 10.8. The highest BCUT2D eigenvalue weighted by molar-refractivity contribution is 6.31. The molecule has 0 saturated heterocycles. The predicted octanol–water partition coefficient (Wildman–Crippen LogP) is 4.06. The Labute approximate surface area is 118 Å². The summed E-state index contributed by atoms with van der Waals surface area (Å²) < 4.78 is 0. The van der Waals surface area contributed by atoms with Gasteiger partial charge in [0.1, 0.15) is 0 Å². The van der Waals surface area contributed by atoms with Crippen LogP contribution in [0.2, 0.25) is 5.02 Å². The quantitative estimate of drug-likeness (QED) is 0.515. The molecule has 1 aromatic rings. The van der Waals surface area contributed by atoms with E-state index in [4.69, 9.17) is 11.6 Å². The smallest absolute Gasteiger partial charge is 0.269 e. The van der Waals surface area contributed by atoms with Crippen molar-refractivity contribution in [1.82, 2.24) is 5.32 Å². The van der Waals surface area contributed by atoms with Gasteiger partial charge in [-0.2, -0.15) is 0 Å². The highest BCUT2D eigenvalue weighted by atomic mass is 35.5. The molecule has 0 aliphatic heterocycles. The number of nitro groups is 1. The third-order valence-electron chi connectivity index (χ3n) is 3.68. The van der Waals surface area contributed by atoms with Gasteiger partial charge in [-0.3, -0.25) is 10.1 Å². The fourth-order valence-corrected chi connectivity index (χ4v) is 2.73. The van der Waals surface area contributed by atoms with Crippen LogP contribution in [0.3, 0.4) is 0 Å². The lowest BCUT2D eigenvalue weighted by atomic mass is 10.1. The van der Waals surface area contributed by atoms with E-state index in [0.29, 0.717) is 17.6 Å². The van der Waals surface area contributed by atoms with Crippen LogP contribution >= 0.6 is 11.6 Å². The Kier molecular flexibility index (Phi) is 5.16. The fourth-order valence-electron chi connectivity index (χ4n) is 2.55. The van der Waals surface area contributed by atoms with Gasteiger partial charge in [0.25, 0.3) is 5.69 Å². The Morgan fingerprint density at radius 2 is 1.95 bits per heavy atom. The van der Waals surface area contributed by atoms with Crippen molar-refractivity contribution in [3.8, 4) is 0 Å². The van der Waals surface area contributed by atoms with Gasteiger partial charge in [-0.15, -0.1) is 0 Å². The molecule has 0 heterocycles. The number of halogens is 1. The number of hydrogen-bond acceptors (Lipinski definition) is 3. The van der Waals surface area contributed by atoms with Crippen molar-refractivity contribution in [2.45, 2.75) is 51.1 Å². The van der Waals surface area contributed by atoms with Crippen molar-refractivity contribution < 1.29 is 4.92 Å². The zero-order chi connectivity index (χ0) is 13.7. The van der Waals surface area contributed by atoms with Crippen LogP contribution in [0.1, 0.15) is 44.1 Å². The number of nitrogens with one attached hydrogen (secondary N) is 1. The predicted molar refractivity (Wildman–Crippen MR) is 76.4 cm³/mol. The van der Waals surface area contributed by atoms with Crippen LogP contribution in [0.25, 0.3) is 0 Å². The Balaban J connectivity index is 1.97. The maximum atomic E-state index is 10.8. The van der Waals surface area contributed by atoms with E-state index in [-0.39, 0.29) is 10.6 Å². The molecule has 0 amide bonds. The van der Waals surface area contributed by atoms with Gasteiger partial charge in [-0.05, 0) is 24.5 Å². The summed E-state index contributed by atoms with van der Waals surface area (Å²) in [6.07, 6.45) is 7.53. The van der Waals surface area contributed by atoms with Crippen LogP contribution in [-0.2, 0) is 6.54 Å². The first-order chi connectivity index (χ1) is 9.16. The minimum Gasteiger partial charge on any atom is -0.310 e. The van der Waals surface area contributed by atoms with Crippen molar-refractivity contribution in [3.63, 3.8) is 0 Å². The second kappa shape index (κ2) is 6.87. The monoisotopic (exact) mass is 282 g/mol. The second-order valence-electron chi connectivity index (χ2n) is 5.10. The minimum atomic E-state index is -0.383. The van der Waals surface area contributed by atoms with E-state index in [0.717, 1.165) is 5.56 Å². The summed E-state index contributed by atoms with van der Waals surface area (Å²) in [5.41, 5.74) is 0.905. The number of nitro benzene ring substituents is 1. The van der Waals surface area contributed by atoms with Gasteiger partial charge in [0.2, 0.25) is 0 Å². The molecule has 0 aromatic heterocycles. The number of hydrogen-bond donors (Lipinski definition) is 1. The van der Waals surface area contributed by atoms with E-state index >= 15 is 0 Å². The SMILES string of the molecule is O=[N+]([O-])c1ccc(Cl)c(CNC2CCCCCC2)c1. The lowest BCUT2D eigenvalue weighted by Gasteiger charge is -2.16. The summed E-state index contributed by atoms with van der Waals surface area (Å²) in [6.45, 7) is 0.602. The first-order valence-electron chi connectivity index (χ1n) is 6.83. The molecular weight excluding hydrogens is 264 g/mol. The zero-order valence-electron chi connectivity index (χ0n) is 10.9. The van der Waals surface area contributed by atoms with Gasteiger partial charge in [0.05, 0.1) is 4.92 Å². The number of nitrogens with zero attached hydrogens (tertiary/aromatic N) is 1. The number of rotatable bonds is 4. The molecule has 0 spiro atoms. The van der Waals surface area contributed by atoms with E-state index in [1.807, 2.05) is 0 Å². The zero-order valence-corrected chi connectivity index (χ0v) is 11.7. The standard InChI is InChI=1S/C14H19ClN2O2/c15-14-8-7-13(17(18)19)9-11(14)10-16-12-5-3-1-2-4-6-12/h7-9,12,16H,1-6,10H2. The van der Waals surface area contributed by atoms with Gasteiger partial charge < -0.3 is 5.32 Å². The maximum Gasteiger partial charge on any atom is 0.269 e. The van der Waals surface area contributed by atoms with Gasteiger partial charge in [-0.1, -0.05) is 37.3 Å². The summed E-state index contributed by atoms with van der Waals surface area (Å²) in [7, 11) is 0. The summed E-state index contributed by atoms with van der Waals surface area (Å²) in [5, 5.41) is 14.8. The molecule has 5 heteroatoms. The Morgan fingerprint density at radius 3 is 2.58 bits per heavy atom. The Morgan fingerprint density at radius 1 is 1.26 bits per heavy atom. The van der Waals surface area contributed by atoms with Gasteiger partial charge in [0, 0.05) is 29.7 Å². The van der Waals surface area contributed by atoms with Crippen molar-refractivity contribution in [2.24, 2.45) is 0 Å². The van der Waals surface area contributed by atoms with Crippen LogP contribution in [0.5, 0.6) is 0 Å². The largest absolute Gasteiger partial charge is 0.310 e. The molecule has 0 radical (unpaired) electrons. The van der Waals surface area contributed by atoms with Crippen LogP contribution in [0, 0.1) is 10.1 Å². The highest BCUT2D eigenvalue weighted by Gasteiger charge is 2.14. The lowest BCUT2D eigenvalue weighted by Crippen LogP contribution is -2.28. The van der Waals surface area contributed by atoms with Crippen LogP contribution in [-0.4, -0.2) is 11.0 Å². The molecule has 1 N–H and O–H groups in total. The third kappa shape index (κ3) is 4.18. The van der Waals surface area contributed by atoms with E-state index < -0.39 is 0 Å². The summed E-state index contributed by atoms with van der Waals surface area (Å²) >= 11 is 6.09. The topological polar surface area (TPSA) is 55.2 Å².